The van der Waals surface area contributed by atoms with E-state index in [1.807, 2.05) is 6.92 Å². The number of allylic oxidation sites excluding steroid dienone is 6. The molecule has 0 atom stereocenters. The molecule has 0 aliphatic carbocycles. The number of rotatable bonds is 2. The van der Waals surface area contributed by atoms with E-state index in [1.165, 1.54) is 0 Å². The van der Waals surface area contributed by atoms with Crippen LogP contribution < -0.4 is 0 Å². The Balaban J connectivity index is 4.57. The first-order valence-electron chi connectivity index (χ1n) is 3.93. The van der Waals surface area contributed by atoms with Crippen LogP contribution in [0.1, 0.15) is 20.8 Å². The predicted molar refractivity (Wildman–Crippen MR) is 48.4 cm³/mol. The summed E-state index contributed by atoms with van der Waals surface area (Å²) in [5.41, 5.74) is 0.0127. The molecule has 0 bridgehead atoms. The van der Waals surface area contributed by atoms with E-state index in [4.69, 9.17) is 0 Å². The zero-order chi connectivity index (χ0) is 10.5. The molecule has 13 heavy (non-hydrogen) atoms. The molecule has 0 amide bonds. The van der Waals surface area contributed by atoms with Gasteiger partial charge in [-0.15, -0.1) is 0 Å². The summed E-state index contributed by atoms with van der Waals surface area (Å²) >= 11 is 0. The third-order valence-electron chi connectivity index (χ3n) is 1.44. The Morgan fingerprint density at radius 1 is 1.15 bits per heavy atom. The van der Waals surface area contributed by atoms with E-state index in [-0.39, 0.29) is 0 Å². The van der Waals surface area contributed by atoms with E-state index in [2.05, 4.69) is 0 Å². The summed E-state index contributed by atoms with van der Waals surface area (Å²) in [7, 11) is 0. The van der Waals surface area contributed by atoms with Gasteiger partial charge >= 0.3 is 6.18 Å². The lowest BCUT2D eigenvalue weighted by Gasteiger charge is -2.05. The highest BCUT2D eigenvalue weighted by Gasteiger charge is 2.29. The first-order chi connectivity index (χ1) is 5.88. The van der Waals surface area contributed by atoms with Gasteiger partial charge in [-0.1, -0.05) is 29.9 Å². The first-order valence-corrected chi connectivity index (χ1v) is 3.93. The van der Waals surface area contributed by atoms with E-state index >= 15 is 0 Å². The van der Waals surface area contributed by atoms with Crippen LogP contribution in [0, 0.1) is 0 Å². The predicted octanol–water partition coefficient (Wildman–Crippen LogP) is 4.02. The highest BCUT2D eigenvalue weighted by molar-refractivity contribution is 5.26. The molecule has 0 unspecified atom stereocenters. The Morgan fingerprint density at radius 3 is 2.08 bits per heavy atom. The Kier molecular flexibility index (Phi) is 4.52. The van der Waals surface area contributed by atoms with Crippen LogP contribution in [0.2, 0.25) is 0 Å². The van der Waals surface area contributed by atoms with E-state index in [1.54, 1.807) is 25.2 Å². The molecular formula is C10H13F3. The number of alkyl halides is 3. The molecule has 0 N–H and O–H groups in total. The monoisotopic (exact) mass is 190 g/mol. The van der Waals surface area contributed by atoms with Gasteiger partial charge in [0, 0.05) is 5.57 Å². The molecule has 0 heterocycles. The van der Waals surface area contributed by atoms with Crippen LogP contribution in [0.15, 0.2) is 35.5 Å². The van der Waals surface area contributed by atoms with Crippen molar-refractivity contribution in [1.29, 1.82) is 0 Å². The number of hydrogen-bond acceptors (Lipinski definition) is 0. The lowest BCUT2D eigenvalue weighted by molar-refractivity contribution is -0.0913. The van der Waals surface area contributed by atoms with Gasteiger partial charge in [0.05, 0.1) is 0 Å². The molecule has 0 saturated carbocycles. The fourth-order valence-corrected chi connectivity index (χ4v) is 0.719. The van der Waals surface area contributed by atoms with Crippen LogP contribution in [0.3, 0.4) is 0 Å². The summed E-state index contributed by atoms with van der Waals surface area (Å²) in [5, 5.41) is 0. The van der Waals surface area contributed by atoms with Gasteiger partial charge in [0.25, 0.3) is 0 Å². The van der Waals surface area contributed by atoms with E-state index in [0.29, 0.717) is 5.57 Å². The zero-order valence-corrected chi connectivity index (χ0v) is 7.94. The molecule has 0 nitrogen and oxygen atoms in total. The molecule has 0 saturated heterocycles. The summed E-state index contributed by atoms with van der Waals surface area (Å²) in [4.78, 5) is 0. The molecule has 0 aromatic carbocycles. The van der Waals surface area contributed by atoms with Gasteiger partial charge in [-0.2, -0.15) is 13.2 Å². The van der Waals surface area contributed by atoms with Gasteiger partial charge < -0.3 is 0 Å². The highest BCUT2D eigenvalue weighted by atomic mass is 19.4. The molecule has 0 aliphatic heterocycles. The minimum Gasteiger partial charge on any atom is -0.166 e. The summed E-state index contributed by atoms with van der Waals surface area (Å²) in [6, 6.07) is 0. The minimum atomic E-state index is -4.22. The molecule has 0 fully saturated rings. The van der Waals surface area contributed by atoms with Gasteiger partial charge in [0.15, 0.2) is 0 Å². The Hall–Kier alpha value is -0.990. The van der Waals surface area contributed by atoms with E-state index < -0.39 is 11.7 Å². The molecule has 0 radical (unpaired) electrons. The SMILES string of the molecule is C/C=C/C=C(C)\C=C(/C)C(F)(F)F. The third kappa shape index (κ3) is 5.28. The van der Waals surface area contributed by atoms with Crippen molar-refractivity contribution in [3.8, 4) is 0 Å². The van der Waals surface area contributed by atoms with Gasteiger partial charge in [-0.3, -0.25) is 0 Å². The second-order valence-electron chi connectivity index (χ2n) is 2.76. The van der Waals surface area contributed by atoms with Crippen molar-refractivity contribution in [3.63, 3.8) is 0 Å². The van der Waals surface area contributed by atoms with Crippen molar-refractivity contribution < 1.29 is 13.2 Å². The van der Waals surface area contributed by atoms with Crippen LogP contribution in [0.5, 0.6) is 0 Å². The largest absolute Gasteiger partial charge is 0.412 e. The molecule has 0 rings (SSSR count). The third-order valence-corrected chi connectivity index (χ3v) is 1.44. The summed E-state index contributed by atoms with van der Waals surface area (Å²) in [6.45, 7) is 4.51. The van der Waals surface area contributed by atoms with Crippen molar-refractivity contribution in [2.45, 2.75) is 26.9 Å². The maximum atomic E-state index is 12.0. The second-order valence-corrected chi connectivity index (χ2v) is 2.76. The molecule has 0 spiro atoms. The first kappa shape index (κ1) is 12.0. The normalized spacial score (nSPS) is 15.5. The van der Waals surface area contributed by atoms with Gasteiger partial charge in [-0.25, -0.2) is 0 Å². The lowest BCUT2D eigenvalue weighted by Crippen LogP contribution is -2.08. The Morgan fingerprint density at radius 2 is 1.69 bits per heavy atom. The van der Waals surface area contributed by atoms with Crippen molar-refractivity contribution in [2.24, 2.45) is 0 Å². The molecule has 74 valence electrons. The van der Waals surface area contributed by atoms with Crippen molar-refractivity contribution in [2.75, 3.05) is 0 Å². The maximum absolute atomic E-state index is 12.0. The van der Waals surface area contributed by atoms with E-state index in [0.717, 1.165) is 13.0 Å². The summed E-state index contributed by atoms with van der Waals surface area (Å²) < 4.78 is 36.1. The van der Waals surface area contributed by atoms with Crippen LogP contribution in [0.4, 0.5) is 13.2 Å². The zero-order valence-electron chi connectivity index (χ0n) is 7.94. The number of halogens is 3. The Labute approximate surface area is 76.5 Å². The van der Waals surface area contributed by atoms with Crippen LogP contribution in [-0.4, -0.2) is 6.18 Å². The molecule has 0 aromatic rings. The highest BCUT2D eigenvalue weighted by Crippen LogP contribution is 2.25. The fourth-order valence-electron chi connectivity index (χ4n) is 0.719. The van der Waals surface area contributed by atoms with Crippen molar-refractivity contribution in [3.05, 3.63) is 35.5 Å². The second kappa shape index (κ2) is 4.90. The van der Waals surface area contributed by atoms with E-state index in [9.17, 15) is 13.2 Å². The summed E-state index contributed by atoms with van der Waals surface area (Å²) in [5.74, 6) is 0. The molecule has 0 aliphatic rings. The standard InChI is InChI=1S/C10H13F3/c1-4-5-6-8(2)7-9(3)10(11,12)13/h4-7H,1-3H3/b5-4+,8-6-,9-7+. The fraction of sp³-hybridized carbons (Fsp3) is 0.400. The summed E-state index contributed by atoms with van der Waals surface area (Å²) in [6.07, 6.45) is 2.01. The minimum absolute atomic E-state index is 0.578. The van der Waals surface area contributed by atoms with Crippen LogP contribution in [-0.2, 0) is 0 Å². The topological polar surface area (TPSA) is 0 Å². The quantitative estimate of drug-likeness (QED) is 0.577. The van der Waals surface area contributed by atoms with Crippen molar-refractivity contribution in [1.82, 2.24) is 0 Å². The maximum Gasteiger partial charge on any atom is 0.412 e. The average molecular weight is 190 g/mol. The molecule has 3 heteroatoms. The smallest absolute Gasteiger partial charge is 0.166 e. The molecule has 0 aromatic heterocycles. The van der Waals surface area contributed by atoms with Gasteiger partial charge in [-0.05, 0) is 20.8 Å². The Bertz CT molecular complexity index is 241. The number of hydrogen-bond donors (Lipinski definition) is 0. The lowest BCUT2D eigenvalue weighted by atomic mass is 10.2. The molecular weight excluding hydrogens is 177 g/mol. The van der Waals surface area contributed by atoms with Crippen molar-refractivity contribution >= 4 is 0 Å². The van der Waals surface area contributed by atoms with Crippen LogP contribution >= 0.6 is 0 Å². The average Bonchev–Trinajstić information content (AvgIpc) is 1.99. The van der Waals surface area contributed by atoms with Crippen LogP contribution in [0.25, 0.3) is 0 Å². The van der Waals surface area contributed by atoms with Gasteiger partial charge in [0.1, 0.15) is 0 Å². The van der Waals surface area contributed by atoms with Gasteiger partial charge in [0.2, 0.25) is 0 Å².